The van der Waals surface area contributed by atoms with Crippen molar-refractivity contribution in [2.75, 3.05) is 0 Å². The third kappa shape index (κ3) is 4.10. The Bertz CT molecular complexity index is 1060. The second kappa shape index (κ2) is 7.94. The molecular formula is C21H17N3O2S. The first-order chi connectivity index (χ1) is 13.0. The van der Waals surface area contributed by atoms with Gasteiger partial charge in [0.2, 0.25) is 0 Å². The summed E-state index contributed by atoms with van der Waals surface area (Å²) in [7, 11) is 0. The summed E-state index contributed by atoms with van der Waals surface area (Å²) in [5.41, 5.74) is 4.11. The quantitative estimate of drug-likeness (QED) is 0.328. The number of benzene rings is 2. The van der Waals surface area contributed by atoms with Crippen LogP contribution in [0.5, 0.6) is 0 Å². The minimum Gasteiger partial charge on any atom is -0.258 e. The van der Waals surface area contributed by atoms with Crippen LogP contribution < -0.4 is 0 Å². The average Bonchev–Trinajstić information content (AvgIpc) is 3.07. The summed E-state index contributed by atoms with van der Waals surface area (Å²) < 4.78 is 0. The lowest BCUT2D eigenvalue weighted by atomic mass is 10.1. The Morgan fingerprint density at radius 2 is 2.04 bits per heavy atom. The van der Waals surface area contributed by atoms with E-state index in [1.165, 1.54) is 29.0 Å². The first kappa shape index (κ1) is 18.5. The lowest BCUT2D eigenvalue weighted by Crippen LogP contribution is -1.88. The van der Waals surface area contributed by atoms with Crippen molar-refractivity contribution >= 4 is 28.7 Å². The van der Waals surface area contributed by atoms with Gasteiger partial charge in [0.25, 0.3) is 5.69 Å². The van der Waals surface area contributed by atoms with Crippen LogP contribution in [0, 0.1) is 28.4 Å². The van der Waals surface area contributed by atoms with Gasteiger partial charge in [0.05, 0.1) is 16.2 Å². The van der Waals surface area contributed by atoms with Crippen LogP contribution in [0.15, 0.2) is 48.5 Å². The van der Waals surface area contributed by atoms with Crippen LogP contribution in [0.2, 0.25) is 0 Å². The van der Waals surface area contributed by atoms with E-state index in [9.17, 15) is 15.4 Å². The highest BCUT2D eigenvalue weighted by molar-refractivity contribution is 7.13. The number of non-ortho nitro benzene ring substituents is 1. The molecule has 6 heteroatoms. The fourth-order valence-electron chi connectivity index (χ4n) is 2.71. The normalized spacial score (nSPS) is 11.2. The van der Waals surface area contributed by atoms with Gasteiger partial charge in [-0.05, 0) is 30.5 Å². The SMILES string of the molecule is CCc1ccc(-c2nc(/C(C#N)=C\c3cccc([N+](=O)[O-])c3)sc2C)cc1. The number of aromatic nitrogens is 1. The van der Waals surface area contributed by atoms with Crippen molar-refractivity contribution in [2.24, 2.45) is 0 Å². The van der Waals surface area contributed by atoms with Crippen LogP contribution >= 0.6 is 11.3 Å². The largest absolute Gasteiger partial charge is 0.270 e. The number of hydrogen-bond donors (Lipinski definition) is 0. The molecule has 1 heterocycles. The second-order valence-corrected chi connectivity index (χ2v) is 7.20. The molecule has 27 heavy (non-hydrogen) atoms. The Kier molecular flexibility index (Phi) is 5.43. The van der Waals surface area contributed by atoms with Gasteiger partial charge < -0.3 is 0 Å². The van der Waals surface area contributed by atoms with Gasteiger partial charge in [-0.15, -0.1) is 11.3 Å². The Balaban J connectivity index is 1.98. The van der Waals surface area contributed by atoms with E-state index < -0.39 is 4.92 Å². The zero-order valence-electron chi connectivity index (χ0n) is 15.0. The molecule has 5 nitrogen and oxygen atoms in total. The minimum absolute atomic E-state index is 0.00642. The Labute approximate surface area is 161 Å². The van der Waals surface area contributed by atoms with Crippen molar-refractivity contribution in [1.82, 2.24) is 4.98 Å². The lowest BCUT2D eigenvalue weighted by Gasteiger charge is -2.01. The van der Waals surface area contributed by atoms with Crippen LogP contribution in [0.3, 0.4) is 0 Å². The molecule has 0 bridgehead atoms. The van der Waals surface area contributed by atoms with E-state index in [2.05, 4.69) is 30.1 Å². The molecule has 0 fully saturated rings. The van der Waals surface area contributed by atoms with Gasteiger partial charge in [0.1, 0.15) is 11.1 Å². The Hall–Kier alpha value is -3.30. The number of allylic oxidation sites excluding steroid dienone is 1. The smallest absolute Gasteiger partial charge is 0.258 e. The summed E-state index contributed by atoms with van der Waals surface area (Å²) in [4.78, 5) is 16.2. The van der Waals surface area contributed by atoms with Gasteiger partial charge in [-0.1, -0.05) is 43.3 Å². The third-order valence-electron chi connectivity index (χ3n) is 4.18. The van der Waals surface area contributed by atoms with Gasteiger partial charge >= 0.3 is 0 Å². The summed E-state index contributed by atoms with van der Waals surface area (Å²) in [6.45, 7) is 4.09. The number of nitriles is 1. The molecule has 0 aliphatic carbocycles. The average molecular weight is 375 g/mol. The van der Waals surface area contributed by atoms with E-state index in [0.717, 1.165) is 22.6 Å². The number of nitrogens with zero attached hydrogens (tertiary/aromatic N) is 3. The molecule has 0 radical (unpaired) electrons. The molecule has 0 unspecified atom stereocenters. The molecule has 134 valence electrons. The van der Waals surface area contributed by atoms with Gasteiger partial charge in [-0.3, -0.25) is 10.1 Å². The predicted molar refractivity (Wildman–Crippen MR) is 108 cm³/mol. The number of aryl methyl sites for hydroxylation is 2. The standard InChI is InChI=1S/C21H17N3O2S/c1-3-15-7-9-17(10-8-15)20-14(2)27-21(23-20)18(13-22)11-16-5-4-6-19(12-16)24(25)26/h4-12H,3H2,1-2H3/b18-11-. The molecule has 3 aromatic rings. The van der Waals surface area contributed by atoms with Crippen molar-refractivity contribution in [3.63, 3.8) is 0 Å². The maximum Gasteiger partial charge on any atom is 0.270 e. The molecule has 0 spiro atoms. The summed E-state index contributed by atoms with van der Waals surface area (Å²) in [5, 5.41) is 21.1. The maximum absolute atomic E-state index is 10.9. The molecule has 0 saturated carbocycles. The molecule has 3 rings (SSSR count). The van der Waals surface area contributed by atoms with Crippen molar-refractivity contribution in [3.8, 4) is 17.3 Å². The third-order valence-corrected chi connectivity index (χ3v) is 5.18. The summed E-state index contributed by atoms with van der Waals surface area (Å²) in [5.74, 6) is 0. The summed E-state index contributed by atoms with van der Waals surface area (Å²) >= 11 is 1.45. The van der Waals surface area contributed by atoms with E-state index in [1.54, 1.807) is 18.2 Å². The van der Waals surface area contributed by atoms with Crippen molar-refractivity contribution in [1.29, 1.82) is 5.26 Å². The van der Waals surface area contributed by atoms with Crippen molar-refractivity contribution < 1.29 is 4.92 Å². The molecule has 0 saturated heterocycles. The van der Waals surface area contributed by atoms with E-state index in [-0.39, 0.29) is 5.69 Å². The summed E-state index contributed by atoms with van der Waals surface area (Å²) in [6.07, 6.45) is 2.61. The van der Waals surface area contributed by atoms with Crippen LogP contribution in [-0.4, -0.2) is 9.91 Å². The number of thiazole rings is 1. The first-order valence-corrected chi connectivity index (χ1v) is 9.27. The Morgan fingerprint density at radius 1 is 1.30 bits per heavy atom. The monoisotopic (exact) mass is 375 g/mol. The molecule has 0 aliphatic heterocycles. The van der Waals surface area contributed by atoms with E-state index >= 15 is 0 Å². The number of hydrogen-bond acceptors (Lipinski definition) is 5. The van der Waals surface area contributed by atoms with Gasteiger partial charge in [0, 0.05) is 22.6 Å². The van der Waals surface area contributed by atoms with Crippen molar-refractivity contribution in [3.05, 3.63) is 79.7 Å². The van der Waals surface area contributed by atoms with Crippen molar-refractivity contribution in [2.45, 2.75) is 20.3 Å². The van der Waals surface area contributed by atoms with E-state index in [0.29, 0.717) is 16.1 Å². The number of nitro groups is 1. The lowest BCUT2D eigenvalue weighted by molar-refractivity contribution is -0.384. The summed E-state index contributed by atoms with van der Waals surface area (Å²) in [6, 6.07) is 16.6. The van der Waals surface area contributed by atoms with Gasteiger partial charge in [-0.2, -0.15) is 5.26 Å². The van der Waals surface area contributed by atoms with Crippen LogP contribution in [0.1, 0.15) is 27.9 Å². The highest BCUT2D eigenvalue weighted by Gasteiger charge is 2.14. The fourth-order valence-corrected chi connectivity index (χ4v) is 3.62. The first-order valence-electron chi connectivity index (χ1n) is 8.45. The topological polar surface area (TPSA) is 79.8 Å². The fraction of sp³-hybridized carbons (Fsp3) is 0.143. The molecule has 0 amide bonds. The number of rotatable bonds is 5. The zero-order chi connectivity index (χ0) is 19.4. The maximum atomic E-state index is 10.9. The van der Waals surface area contributed by atoms with Crippen LogP contribution in [0.4, 0.5) is 5.69 Å². The molecule has 0 atom stereocenters. The van der Waals surface area contributed by atoms with Gasteiger partial charge in [0.15, 0.2) is 0 Å². The molecule has 0 aliphatic rings. The second-order valence-electron chi connectivity index (χ2n) is 6.00. The van der Waals surface area contributed by atoms with Crippen LogP contribution in [-0.2, 0) is 6.42 Å². The van der Waals surface area contributed by atoms with Gasteiger partial charge in [-0.25, -0.2) is 4.98 Å². The predicted octanol–water partition coefficient (Wildman–Crippen LogP) is 5.65. The molecular weight excluding hydrogens is 358 g/mol. The number of nitro benzene ring substituents is 1. The highest BCUT2D eigenvalue weighted by atomic mass is 32.1. The molecule has 1 aromatic heterocycles. The molecule has 0 N–H and O–H groups in total. The zero-order valence-corrected chi connectivity index (χ0v) is 15.8. The molecule has 2 aromatic carbocycles. The van der Waals surface area contributed by atoms with E-state index in [1.807, 2.05) is 19.1 Å². The highest BCUT2D eigenvalue weighted by Crippen LogP contribution is 2.32. The minimum atomic E-state index is -0.449. The van der Waals surface area contributed by atoms with Crippen LogP contribution in [0.25, 0.3) is 22.9 Å². The van der Waals surface area contributed by atoms with E-state index in [4.69, 9.17) is 0 Å². The Morgan fingerprint density at radius 3 is 2.67 bits per heavy atom.